The molecule has 2 aliphatic rings. The van der Waals surface area contributed by atoms with Crippen molar-refractivity contribution < 1.29 is 21.6 Å². The quantitative estimate of drug-likeness (QED) is 0.251. The summed E-state index contributed by atoms with van der Waals surface area (Å²) >= 11 is 0. The van der Waals surface area contributed by atoms with Crippen molar-refractivity contribution >= 4 is 40.0 Å². The van der Waals surface area contributed by atoms with E-state index in [-0.39, 0.29) is 55.2 Å². The molecule has 0 saturated heterocycles. The van der Waals surface area contributed by atoms with Gasteiger partial charge >= 0.3 is 6.18 Å². The van der Waals surface area contributed by atoms with E-state index in [0.29, 0.717) is 37.8 Å². The fraction of sp³-hybridized carbons (Fsp3) is 0.941. The summed E-state index contributed by atoms with van der Waals surface area (Å²) in [4.78, 5) is 4.27. The summed E-state index contributed by atoms with van der Waals surface area (Å²) in [6.45, 7) is 3.07. The molecule has 2 fully saturated rings. The lowest BCUT2D eigenvalue weighted by Gasteiger charge is -2.31. The van der Waals surface area contributed by atoms with Gasteiger partial charge in [-0.1, -0.05) is 6.42 Å². The van der Waals surface area contributed by atoms with E-state index in [1.807, 2.05) is 6.92 Å². The van der Waals surface area contributed by atoms with Crippen molar-refractivity contribution in [2.75, 3.05) is 25.4 Å². The first-order valence-electron chi connectivity index (χ1n) is 9.78. The summed E-state index contributed by atoms with van der Waals surface area (Å²) in [7, 11) is -3.36. The van der Waals surface area contributed by atoms with Gasteiger partial charge in [-0.15, -0.1) is 24.0 Å². The van der Waals surface area contributed by atoms with E-state index in [9.17, 15) is 21.6 Å². The third-order valence-corrected chi connectivity index (χ3v) is 6.65. The number of nitrogens with one attached hydrogen (secondary N) is 3. The number of hydrogen-bond donors (Lipinski definition) is 3. The largest absolute Gasteiger partial charge is 0.391 e. The first-order valence-corrected chi connectivity index (χ1v) is 11.4. The van der Waals surface area contributed by atoms with E-state index < -0.39 is 22.1 Å². The molecular weight excluding hydrogens is 508 g/mol. The van der Waals surface area contributed by atoms with E-state index in [1.165, 1.54) is 6.42 Å². The van der Waals surface area contributed by atoms with Crippen molar-refractivity contribution in [1.82, 2.24) is 15.4 Å². The van der Waals surface area contributed by atoms with Crippen molar-refractivity contribution in [1.29, 1.82) is 0 Å². The minimum atomic E-state index is -4.12. The average molecular weight is 540 g/mol. The highest BCUT2D eigenvalue weighted by molar-refractivity contribution is 14.0. The van der Waals surface area contributed by atoms with Gasteiger partial charge in [-0.25, -0.2) is 13.1 Å². The first kappa shape index (κ1) is 25.7. The second-order valence-corrected chi connectivity index (χ2v) is 9.39. The second-order valence-electron chi connectivity index (χ2n) is 7.46. The molecule has 0 aromatic carbocycles. The lowest BCUT2D eigenvalue weighted by atomic mass is 9.85. The molecule has 6 nitrogen and oxygen atoms in total. The van der Waals surface area contributed by atoms with Gasteiger partial charge in [0.15, 0.2) is 5.96 Å². The second kappa shape index (κ2) is 11.8. The molecule has 28 heavy (non-hydrogen) atoms. The molecule has 3 N–H and O–H groups in total. The SMILES string of the molecule is CCNC(=NCCS(=O)(=O)NCC1CCC1)NC1CCC(C(F)(F)F)CC1.I. The van der Waals surface area contributed by atoms with Gasteiger partial charge in [-0.2, -0.15) is 13.2 Å². The minimum absolute atomic E-state index is 0. The normalized spacial score (nSPS) is 24.2. The van der Waals surface area contributed by atoms with Gasteiger partial charge in [-0.3, -0.25) is 4.99 Å². The zero-order valence-electron chi connectivity index (χ0n) is 16.2. The van der Waals surface area contributed by atoms with E-state index in [1.54, 1.807) is 0 Å². The molecule has 0 unspecified atom stereocenters. The van der Waals surface area contributed by atoms with Crippen LogP contribution in [-0.2, 0) is 10.0 Å². The Morgan fingerprint density at radius 1 is 1.11 bits per heavy atom. The van der Waals surface area contributed by atoms with Crippen LogP contribution in [-0.4, -0.2) is 52.0 Å². The van der Waals surface area contributed by atoms with Crippen LogP contribution in [0.2, 0.25) is 0 Å². The summed E-state index contributed by atoms with van der Waals surface area (Å²) in [6, 6.07) is -0.0743. The number of hydrogen-bond acceptors (Lipinski definition) is 3. The van der Waals surface area contributed by atoms with Gasteiger partial charge in [0.25, 0.3) is 0 Å². The number of halogens is 4. The van der Waals surface area contributed by atoms with Crippen LogP contribution < -0.4 is 15.4 Å². The topological polar surface area (TPSA) is 82.6 Å². The maximum Gasteiger partial charge on any atom is 0.391 e. The Hall–Kier alpha value is -0.300. The van der Waals surface area contributed by atoms with Gasteiger partial charge in [0.1, 0.15) is 0 Å². The molecule has 166 valence electrons. The average Bonchev–Trinajstić information content (AvgIpc) is 2.53. The lowest BCUT2D eigenvalue weighted by molar-refractivity contribution is -0.182. The summed E-state index contributed by atoms with van der Waals surface area (Å²) in [6.07, 6.45) is 0.271. The van der Waals surface area contributed by atoms with E-state index in [4.69, 9.17) is 0 Å². The van der Waals surface area contributed by atoms with E-state index >= 15 is 0 Å². The molecule has 0 spiro atoms. The van der Waals surface area contributed by atoms with Gasteiger partial charge in [-0.05, 0) is 51.4 Å². The molecular formula is C17H32F3IN4O2S. The Bertz CT molecular complexity index is 590. The van der Waals surface area contributed by atoms with E-state index in [2.05, 4.69) is 20.3 Å². The number of aliphatic imine (C=N–C) groups is 1. The molecule has 2 aliphatic carbocycles. The number of rotatable bonds is 8. The molecule has 11 heteroatoms. The molecule has 0 amide bonds. The molecule has 0 atom stereocenters. The van der Waals surface area contributed by atoms with Gasteiger partial charge < -0.3 is 10.6 Å². The molecule has 0 heterocycles. The maximum atomic E-state index is 12.7. The predicted octanol–water partition coefficient (Wildman–Crippen LogP) is 3.00. The minimum Gasteiger partial charge on any atom is -0.357 e. The van der Waals surface area contributed by atoms with Crippen molar-refractivity contribution in [2.24, 2.45) is 16.8 Å². The fourth-order valence-corrected chi connectivity index (χ4v) is 4.34. The van der Waals surface area contributed by atoms with Crippen LogP contribution in [0.3, 0.4) is 0 Å². The highest BCUT2D eigenvalue weighted by Gasteiger charge is 2.41. The van der Waals surface area contributed by atoms with Gasteiger partial charge in [0.05, 0.1) is 18.2 Å². The summed E-state index contributed by atoms with van der Waals surface area (Å²) in [5.41, 5.74) is 0. The molecule has 0 bridgehead atoms. The van der Waals surface area contributed by atoms with Crippen LogP contribution in [0.4, 0.5) is 13.2 Å². The van der Waals surface area contributed by atoms with Gasteiger partial charge in [0.2, 0.25) is 10.0 Å². The van der Waals surface area contributed by atoms with Crippen LogP contribution in [0, 0.1) is 11.8 Å². The molecule has 2 saturated carbocycles. The number of guanidine groups is 1. The summed E-state index contributed by atoms with van der Waals surface area (Å²) in [5.74, 6) is -0.407. The van der Waals surface area contributed by atoms with E-state index in [0.717, 1.165) is 12.8 Å². The highest BCUT2D eigenvalue weighted by Crippen LogP contribution is 2.37. The third kappa shape index (κ3) is 9.02. The van der Waals surface area contributed by atoms with Crippen molar-refractivity contribution in [2.45, 2.75) is 64.1 Å². The van der Waals surface area contributed by atoms with Crippen LogP contribution in [0.5, 0.6) is 0 Å². The zero-order valence-corrected chi connectivity index (χ0v) is 19.4. The highest BCUT2D eigenvalue weighted by atomic mass is 127. The van der Waals surface area contributed by atoms with Crippen LogP contribution in [0.25, 0.3) is 0 Å². The Kier molecular flexibility index (Phi) is 10.8. The van der Waals surface area contributed by atoms with Crippen LogP contribution >= 0.6 is 24.0 Å². The number of sulfonamides is 1. The Labute approximate surface area is 183 Å². The summed E-state index contributed by atoms with van der Waals surface area (Å²) < 4.78 is 64.9. The fourth-order valence-electron chi connectivity index (χ4n) is 3.37. The number of nitrogens with zero attached hydrogens (tertiary/aromatic N) is 1. The Morgan fingerprint density at radius 3 is 2.25 bits per heavy atom. The predicted molar refractivity (Wildman–Crippen MR) is 115 cm³/mol. The van der Waals surface area contributed by atoms with Gasteiger partial charge in [0, 0.05) is 19.1 Å². The Balaban J connectivity index is 0.00000392. The van der Waals surface area contributed by atoms with Crippen LogP contribution in [0.1, 0.15) is 51.9 Å². The Morgan fingerprint density at radius 2 is 1.75 bits per heavy atom. The molecule has 2 rings (SSSR count). The van der Waals surface area contributed by atoms with Crippen molar-refractivity contribution in [3.63, 3.8) is 0 Å². The molecule has 0 aliphatic heterocycles. The summed E-state index contributed by atoms with van der Waals surface area (Å²) in [5, 5.41) is 6.17. The molecule has 0 aromatic heterocycles. The van der Waals surface area contributed by atoms with Crippen LogP contribution in [0.15, 0.2) is 4.99 Å². The zero-order chi connectivity index (χ0) is 19.9. The standard InChI is InChI=1S/C17H31F3N4O2S.HI/c1-2-21-16(24-15-8-6-14(7-9-15)17(18,19)20)22-10-11-27(25,26)23-12-13-4-3-5-13;/h13-15,23H,2-12H2,1H3,(H2,21,22,24);1H. The smallest absolute Gasteiger partial charge is 0.357 e. The lowest BCUT2D eigenvalue weighted by Crippen LogP contribution is -2.46. The monoisotopic (exact) mass is 540 g/mol. The maximum absolute atomic E-state index is 12.7. The van der Waals surface area contributed by atoms with Crippen molar-refractivity contribution in [3.05, 3.63) is 0 Å². The molecule has 0 aromatic rings. The third-order valence-electron chi connectivity index (χ3n) is 5.32. The number of alkyl halides is 3. The molecule has 0 radical (unpaired) electrons. The van der Waals surface area contributed by atoms with Crippen molar-refractivity contribution in [3.8, 4) is 0 Å². The first-order chi connectivity index (χ1) is 12.7.